The minimum atomic E-state index is -0.185. The van der Waals surface area contributed by atoms with Gasteiger partial charge in [-0.05, 0) is 60.7 Å². The van der Waals surface area contributed by atoms with Crippen molar-refractivity contribution in [1.29, 1.82) is 0 Å². The number of hydrogen-bond donors (Lipinski definition) is 1. The number of nitrogens with zero attached hydrogens (tertiary/aromatic N) is 3. The summed E-state index contributed by atoms with van der Waals surface area (Å²) in [4.78, 5) is 23.2. The van der Waals surface area contributed by atoms with E-state index in [1.54, 1.807) is 12.3 Å². The molecule has 0 bridgehead atoms. The standard InChI is InChI=1S/C23H26N4O/c1-4-19-7-5-6-17(2)22(19)26-23(28)21-9-8-20(16-25-21)27(3)15-12-18-10-13-24-14-11-18/h5-11,13-14,16H,4,12,15H2,1-3H3,(H,26,28). The van der Waals surface area contributed by atoms with Crippen molar-refractivity contribution in [3.05, 3.63) is 83.4 Å². The number of para-hydroxylation sites is 1. The molecule has 0 aliphatic heterocycles. The lowest BCUT2D eigenvalue weighted by Crippen LogP contribution is -2.21. The van der Waals surface area contributed by atoms with Crippen molar-refractivity contribution >= 4 is 17.3 Å². The van der Waals surface area contributed by atoms with E-state index in [-0.39, 0.29) is 5.91 Å². The van der Waals surface area contributed by atoms with Gasteiger partial charge in [0, 0.05) is 31.7 Å². The lowest BCUT2D eigenvalue weighted by molar-refractivity contribution is 0.102. The van der Waals surface area contributed by atoms with Gasteiger partial charge in [0.2, 0.25) is 0 Å². The predicted octanol–water partition coefficient (Wildman–Crippen LogP) is 4.28. The van der Waals surface area contributed by atoms with Crippen LogP contribution in [0.2, 0.25) is 0 Å². The Balaban J connectivity index is 1.64. The van der Waals surface area contributed by atoms with E-state index in [1.807, 2.05) is 62.8 Å². The number of nitrogens with one attached hydrogen (secondary N) is 1. The normalized spacial score (nSPS) is 10.5. The number of aromatic nitrogens is 2. The smallest absolute Gasteiger partial charge is 0.274 e. The average molecular weight is 374 g/mol. The Kier molecular flexibility index (Phi) is 6.37. The number of carbonyl (C=O) groups is 1. The highest BCUT2D eigenvalue weighted by atomic mass is 16.1. The zero-order valence-corrected chi connectivity index (χ0v) is 16.6. The second kappa shape index (κ2) is 9.13. The molecule has 0 atom stereocenters. The fraction of sp³-hybridized carbons (Fsp3) is 0.261. The van der Waals surface area contributed by atoms with Crippen molar-refractivity contribution < 1.29 is 4.79 Å². The van der Waals surface area contributed by atoms with Crippen LogP contribution in [-0.4, -0.2) is 29.5 Å². The van der Waals surface area contributed by atoms with Crippen molar-refractivity contribution in [3.8, 4) is 0 Å². The van der Waals surface area contributed by atoms with Gasteiger partial charge >= 0.3 is 0 Å². The Morgan fingerprint density at radius 1 is 1.11 bits per heavy atom. The monoisotopic (exact) mass is 374 g/mol. The van der Waals surface area contributed by atoms with Crippen LogP contribution in [0.15, 0.2) is 61.1 Å². The van der Waals surface area contributed by atoms with Gasteiger partial charge in [0.05, 0.1) is 11.9 Å². The summed E-state index contributed by atoms with van der Waals surface area (Å²) in [6.07, 6.45) is 7.16. The Bertz CT molecular complexity index is 923. The molecule has 0 saturated carbocycles. The van der Waals surface area contributed by atoms with Crippen LogP contribution >= 0.6 is 0 Å². The quantitative estimate of drug-likeness (QED) is 0.671. The maximum atomic E-state index is 12.6. The van der Waals surface area contributed by atoms with Gasteiger partial charge in [-0.1, -0.05) is 25.1 Å². The lowest BCUT2D eigenvalue weighted by Gasteiger charge is -2.19. The summed E-state index contributed by atoms with van der Waals surface area (Å²) in [5.41, 5.74) is 5.71. The molecule has 3 rings (SSSR count). The predicted molar refractivity (Wildman–Crippen MR) is 114 cm³/mol. The number of likely N-dealkylation sites (N-methyl/N-ethyl adjacent to an activating group) is 1. The molecule has 2 aromatic heterocycles. The van der Waals surface area contributed by atoms with Gasteiger partial charge in [0.15, 0.2) is 0 Å². The third-order valence-electron chi connectivity index (χ3n) is 4.89. The number of pyridine rings is 2. The van der Waals surface area contributed by atoms with Crippen molar-refractivity contribution in [1.82, 2.24) is 9.97 Å². The summed E-state index contributed by atoms with van der Waals surface area (Å²) in [7, 11) is 2.03. The van der Waals surface area contributed by atoms with Crippen molar-refractivity contribution in [2.45, 2.75) is 26.7 Å². The van der Waals surface area contributed by atoms with E-state index >= 15 is 0 Å². The van der Waals surface area contributed by atoms with Crippen LogP contribution in [0.1, 0.15) is 34.1 Å². The number of carbonyl (C=O) groups excluding carboxylic acids is 1. The second-order valence-electron chi connectivity index (χ2n) is 6.85. The van der Waals surface area contributed by atoms with Crippen LogP contribution in [0, 0.1) is 6.92 Å². The number of hydrogen-bond acceptors (Lipinski definition) is 4. The van der Waals surface area contributed by atoms with Gasteiger partial charge in [-0.25, -0.2) is 4.98 Å². The molecule has 1 amide bonds. The van der Waals surface area contributed by atoms with Gasteiger partial charge in [-0.2, -0.15) is 0 Å². The summed E-state index contributed by atoms with van der Waals surface area (Å²) in [6, 6.07) is 13.8. The van der Waals surface area contributed by atoms with Crippen LogP contribution in [0.4, 0.5) is 11.4 Å². The Labute approximate surface area is 166 Å². The van der Waals surface area contributed by atoms with E-state index in [0.29, 0.717) is 5.69 Å². The zero-order chi connectivity index (χ0) is 19.9. The summed E-state index contributed by atoms with van der Waals surface area (Å²) >= 11 is 0. The molecule has 0 saturated heterocycles. The minimum Gasteiger partial charge on any atom is -0.373 e. The number of rotatable bonds is 7. The highest BCUT2D eigenvalue weighted by Crippen LogP contribution is 2.22. The SMILES string of the molecule is CCc1cccc(C)c1NC(=O)c1ccc(N(C)CCc2ccncc2)cn1. The average Bonchev–Trinajstić information content (AvgIpc) is 2.74. The van der Waals surface area contributed by atoms with Crippen LogP contribution < -0.4 is 10.2 Å². The van der Waals surface area contributed by atoms with Crippen LogP contribution in [0.5, 0.6) is 0 Å². The molecule has 5 heteroatoms. The molecule has 0 radical (unpaired) electrons. The first-order chi connectivity index (χ1) is 13.6. The maximum absolute atomic E-state index is 12.6. The molecular weight excluding hydrogens is 348 g/mol. The third kappa shape index (κ3) is 4.74. The van der Waals surface area contributed by atoms with E-state index in [1.165, 1.54) is 5.56 Å². The van der Waals surface area contributed by atoms with Crippen LogP contribution in [-0.2, 0) is 12.8 Å². The van der Waals surface area contributed by atoms with Gasteiger partial charge in [0.25, 0.3) is 5.91 Å². The summed E-state index contributed by atoms with van der Waals surface area (Å²) in [5.74, 6) is -0.185. The van der Waals surface area contributed by atoms with E-state index in [2.05, 4.69) is 27.1 Å². The molecule has 0 spiro atoms. The number of benzene rings is 1. The van der Waals surface area contributed by atoms with Gasteiger partial charge in [-0.15, -0.1) is 0 Å². The number of anilines is 2. The highest BCUT2D eigenvalue weighted by molar-refractivity contribution is 6.03. The van der Waals surface area contributed by atoms with E-state index in [0.717, 1.165) is 41.9 Å². The summed E-state index contributed by atoms with van der Waals surface area (Å²) in [5, 5.41) is 3.02. The lowest BCUT2D eigenvalue weighted by atomic mass is 10.1. The molecule has 5 nitrogen and oxygen atoms in total. The molecule has 3 aromatic rings. The van der Waals surface area contributed by atoms with Crippen molar-refractivity contribution in [3.63, 3.8) is 0 Å². The molecule has 0 aliphatic carbocycles. The maximum Gasteiger partial charge on any atom is 0.274 e. The van der Waals surface area contributed by atoms with E-state index < -0.39 is 0 Å². The largest absolute Gasteiger partial charge is 0.373 e. The Morgan fingerprint density at radius 2 is 1.89 bits per heavy atom. The van der Waals surface area contributed by atoms with Crippen molar-refractivity contribution in [2.75, 3.05) is 23.8 Å². The highest BCUT2D eigenvalue weighted by Gasteiger charge is 2.12. The first-order valence-corrected chi connectivity index (χ1v) is 9.54. The van der Waals surface area contributed by atoms with Gasteiger partial charge < -0.3 is 10.2 Å². The van der Waals surface area contributed by atoms with Crippen molar-refractivity contribution in [2.24, 2.45) is 0 Å². The molecule has 0 unspecified atom stereocenters. The fourth-order valence-corrected chi connectivity index (χ4v) is 3.10. The first kappa shape index (κ1) is 19.5. The van der Waals surface area contributed by atoms with E-state index in [4.69, 9.17) is 0 Å². The van der Waals surface area contributed by atoms with E-state index in [9.17, 15) is 4.79 Å². The molecular formula is C23H26N4O. The summed E-state index contributed by atoms with van der Waals surface area (Å²) in [6.45, 7) is 4.95. The third-order valence-corrected chi connectivity index (χ3v) is 4.89. The van der Waals surface area contributed by atoms with Crippen LogP contribution in [0.3, 0.4) is 0 Å². The summed E-state index contributed by atoms with van der Waals surface area (Å²) < 4.78 is 0. The molecule has 1 N–H and O–H groups in total. The van der Waals surface area contributed by atoms with Crippen LogP contribution in [0.25, 0.3) is 0 Å². The molecule has 0 aliphatic rings. The molecule has 144 valence electrons. The van der Waals surface area contributed by atoms with Gasteiger partial charge in [-0.3, -0.25) is 9.78 Å². The molecule has 28 heavy (non-hydrogen) atoms. The Morgan fingerprint density at radius 3 is 2.57 bits per heavy atom. The topological polar surface area (TPSA) is 58.1 Å². The molecule has 0 fully saturated rings. The van der Waals surface area contributed by atoms with Gasteiger partial charge in [0.1, 0.15) is 5.69 Å². The molecule has 2 heterocycles. The number of aryl methyl sites for hydroxylation is 2. The first-order valence-electron chi connectivity index (χ1n) is 9.54. The fourth-order valence-electron chi connectivity index (χ4n) is 3.10. The zero-order valence-electron chi connectivity index (χ0n) is 16.6. The number of amides is 1. The molecule has 1 aromatic carbocycles. The minimum absolute atomic E-state index is 0.185. The Hall–Kier alpha value is -3.21. The second-order valence-corrected chi connectivity index (χ2v) is 6.85.